The van der Waals surface area contributed by atoms with Crippen molar-refractivity contribution in [2.75, 3.05) is 6.61 Å². The molecule has 2 aromatic carbocycles. The zero-order chi connectivity index (χ0) is 20.2. The van der Waals surface area contributed by atoms with Gasteiger partial charge in [0.05, 0.1) is 24.9 Å². The van der Waals surface area contributed by atoms with Gasteiger partial charge in [0.2, 0.25) is 0 Å². The van der Waals surface area contributed by atoms with E-state index in [1.54, 1.807) is 10.9 Å². The summed E-state index contributed by atoms with van der Waals surface area (Å²) in [5.74, 6) is 2.33. The number of benzene rings is 2. The van der Waals surface area contributed by atoms with Crippen molar-refractivity contribution in [1.29, 1.82) is 0 Å². The van der Waals surface area contributed by atoms with Crippen LogP contribution in [0.5, 0.6) is 5.75 Å². The van der Waals surface area contributed by atoms with E-state index in [1.807, 2.05) is 54.3 Å². The number of halogens is 1. The quantitative estimate of drug-likeness (QED) is 0.399. The molecule has 0 aliphatic heterocycles. The molecule has 0 N–H and O–H groups in total. The van der Waals surface area contributed by atoms with Crippen molar-refractivity contribution in [3.05, 3.63) is 71.0 Å². The van der Waals surface area contributed by atoms with Crippen LogP contribution in [0.25, 0.3) is 22.8 Å². The number of ether oxygens (including phenoxy) is 1. The standard InChI is InChI=1S/C22H22BrN5O/c1-3-11-29-20-9-7-17(8-10-20)22-25-21(18-13-24-27(2)15-18)26-28(22)14-16-5-4-6-19(23)12-16/h4-10,12-13,15H,3,11,14H2,1-2H3. The fourth-order valence-corrected chi connectivity index (χ4v) is 3.50. The van der Waals surface area contributed by atoms with Crippen LogP contribution in [0, 0.1) is 0 Å². The lowest BCUT2D eigenvalue weighted by atomic mass is 10.2. The Hall–Kier alpha value is -2.93. The average molecular weight is 452 g/mol. The Kier molecular flexibility index (Phi) is 5.76. The van der Waals surface area contributed by atoms with E-state index < -0.39 is 0 Å². The normalized spacial score (nSPS) is 11.0. The number of hydrogen-bond donors (Lipinski definition) is 0. The van der Waals surface area contributed by atoms with Gasteiger partial charge < -0.3 is 4.74 Å². The molecule has 0 radical (unpaired) electrons. The Morgan fingerprint density at radius 1 is 1.07 bits per heavy atom. The third-order valence-corrected chi connectivity index (χ3v) is 4.93. The number of hydrogen-bond acceptors (Lipinski definition) is 4. The van der Waals surface area contributed by atoms with E-state index >= 15 is 0 Å². The molecular formula is C22H22BrN5O. The van der Waals surface area contributed by atoms with Crippen molar-refractivity contribution in [2.24, 2.45) is 7.05 Å². The lowest BCUT2D eigenvalue weighted by molar-refractivity contribution is 0.317. The molecule has 0 saturated heterocycles. The topological polar surface area (TPSA) is 57.8 Å². The maximum Gasteiger partial charge on any atom is 0.184 e. The van der Waals surface area contributed by atoms with Crippen molar-refractivity contribution in [2.45, 2.75) is 19.9 Å². The molecule has 0 atom stereocenters. The van der Waals surface area contributed by atoms with E-state index in [0.717, 1.165) is 39.2 Å². The first-order valence-corrected chi connectivity index (χ1v) is 10.3. The second-order valence-electron chi connectivity index (χ2n) is 6.82. The summed E-state index contributed by atoms with van der Waals surface area (Å²) >= 11 is 3.54. The van der Waals surface area contributed by atoms with E-state index in [-0.39, 0.29) is 0 Å². The van der Waals surface area contributed by atoms with Crippen molar-refractivity contribution in [1.82, 2.24) is 24.5 Å². The van der Waals surface area contributed by atoms with Crippen LogP contribution in [-0.4, -0.2) is 31.2 Å². The molecule has 0 aliphatic carbocycles. The zero-order valence-electron chi connectivity index (χ0n) is 16.4. The molecular weight excluding hydrogens is 430 g/mol. The summed E-state index contributed by atoms with van der Waals surface area (Å²) in [5.41, 5.74) is 3.03. The zero-order valence-corrected chi connectivity index (χ0v) is 18.0. The van der Waals surface area contributed by atoms with Crippen LogP contribution in [-0.2, 0) is 13.6 Å². The lowest BCUT2D eigenvalue weighted by Gasteiger charge is -2.08. The predicted octanol–water partition coefficient (Wildman–Crippen LogP) is 4.95. The van der Waals surface area contributed by atoms with Gasteiger partial charge in [0, 0.05) is 23.3 Å². The maximum absolute atomic E-state index is 5.70. The first kappa shape index (κ1) is 19.4. The minimum Gasteiger partial charge on any atom is -0.494 e. The average Bonchev–Trinajstić information content (AvgIpc) is 3.33. The van der Waals surface area contributed by atoms with Crippen LogP contribution in [0.15, 0.2) is 65.4 Å². The van der Waals surface area contributed by atoms with Crippen molar-refractivity contribution in [3.8, 4) is 28.5 Å². The highest BCUT2D eigenvalue weighted by molar-refractivity contribution is 9.10. The van der Waals surface area contributed by atoms with Crippen LogP contribution >= 0.6 is 15.9 Å². The van der Waals surface area contributed by atoms with Gasteiger partial charge in [0.15, 0.2) is 11.6 Å². The van der Waals surface area contributed by atoms with Crippen LogP contribution in [0.2, 0.25) is 0 Å². The van der Waals surface area contributed by atoms with Gasteiger partial charge in [-0.15, -0.1) is 5.10 Å². The SMILES string of the molecule is CCCOc1ccc(-c2nc(-c3cnn(C)c3)nn2Cc2cccc(Br)c2)cc1. The van der Waals surface area contributed by atoms with Gasteiger partial charge >= 0.3 is 0 Å². The molecule has 0 fully saturated rings. The van der Waals surface area contributed by atoms with Gasteiger partial charge in [0.1, 0.15) is 5.75 Å². The molecule has 6 nitrogen and oxygen atoms in total. The van der Waals surface area contributed by atoms with Crippen LogP contribution < -0.4 is 4.74 Å². The number of aromatic nitrogens is 5. The first-order chi connectivity index (χ1) is 14.1. The minimum absolute atomic E-state index is 0.621. The minimum atomic E-state index is 0.621. The maximum atomic E-state index is 5.70. The molecule has 2 aromatic heterocycles. The van der Waals surface area contributed by atoms with Gasteiger partial charge in [-0.25, -0.2) is 9.67 Å². The summed E-state index contributed by atoms with van der Waals surface area (Å²) in [6.45, 7) is 3.43. The van der Waals surface area contributed by atoms with Gasteiger partial charge in [-0.2, -0.15) is 5.10 Å². The monoisotopic (exact) mass is 451 g/mol. The van der Waals surface area contributed by atoms with E-state index in [4.69, 9.17) is 14.8 Å². The number of rotatable bonds is 7. The van der Waals surface area contributed by atoms with E-state index in [1.165, 1.54) is 0 Å². The van der Waals surface area contributed by atoms with Crippen LogP contribution in [0.1, 0.15) is 18.9 Å². The van der Waals surface area contributed by atoms with Gasteiger partial charge in [0.25, 0.3) is 0 Å². The van der Waals surface area contributed by atoms with Gasteiger partial charge in [-0.1, -0.05) is 35.0 Å². The highest BCUT2D eigenvalue weighted by Crippen LogP contribution is 2.25. The predicted molar refractivity (Wildman–Crippen MR) is 117 cm³/mol. The number of nitrogens with zero attached hydrogens (tertiary/aromatic N) is 5. The third-order valence-electron chi connectivity index (χ3n) is 4.44. The smallest absolute Gasteiger partial charge is 0.184 e. The lowest BCUT2D eigenvalue weighted by Crippen LogP contribution is -2.04. The summed E-state index contributed by atoms with van der Waals surface area (Å²) in [4.78, 5) is 4.82. The summed E-state index contributed by atoms with van der Waals surface area (Å²) in [6, 6.07) is 16.2. The molecule has 2 heterocycles. The Bertz CT molecular complexity index is 1100. The highest BCUT2D eigenvalue weighted by Gasteiger charge is 2.15. The fourth-order valence-electron chi connectivity index (χ4n) is 3.05. The molecule has 0 bridgehead atoms. The molecule has 0 amide bonds. The Morgan fingerprint density at radius 2 is 1.90 bits per heavy atom. The Balaban J connectivity index is 1.71. The fraction of sp³-hybridized carbons (Fsp3) is 0.227. The molecule has 0 saturated carbocycles. The summed E-state index contributed by atoms with van der Waals surface area (Å²) in [5, 5.41) is 9.02. The van der Waals surface area contributed by atoms with Gasteiger partial charge in [-0.3, -0.25) is 4.68 Å². The highest BCUT2D eigenvalue weighted by atomic mass is 79.9. The van der Waals surface area contributed by atoms with E-state index in [9.17, 15) is 0 Å². The van der Waals surface area contributed by atoms with Crippen molar-refractivity contribution < 1.29 is 4.74 Å². The van der Waals surface area contributed by atoms with Crippen molar-refractivity contribution in [3.63, 3.8) is 0 Å². The van der Waals surface area contributed by atoms with Crippen LogP contribution in [0.4, 0.5) is 0 Å². The van der Waals surface area contributed by atoms with Gasteiger partial charge in [-0.05, 0) is 48.4 Å². The molecule has 0 spiro atoms. The Morgan fingerprint density at radius 3 is 2.59 bits per heavy atom. The van der Waals surface area contributed by atoms with Crippen molar-refractivity contribution >= 4 is 15.9 Å². The van der Waals surface area contributed by atoms with Crippen LogP contribution in [0.3, 0.4) is 0 Å². The summed E-state index contributed by atoms with van der Waals surface area (Å²) < 4.78 is 10.4. The first-order valence-electron chi connectivity index (χ1n) is 9.54. The van der Waals surface area contributed by atoms with E-state index in [2.05, 4.69) is 40.1 Å². The second-order valence-corrected chi connectivity index (χ2v) is 7.74. The number of aryl methyl sites for hydroxylation is 1. The molecule has 148 valence electrons. The Labute approximate surface area is 178 Å². The van der Waals surface area contributed by atoms with E-state index in [0.29, 0.717) is 19.0 Å². The molecule has 7 heteroatoms. The largest absolute Gasteiger partial charge is 0.494 e. The second kappa shape index (κ2) is 8.61. The molecule has 4 rings (SSSR count). The molecule has 4 aromatic rings. The molecule has 29 heavy (non-hydrogen) atoms. The molecule has 0 aliphatic rings. The third kappa shape index (κ3) is 4.56. The summed E-state index contributed by atoms with van der Waals surface area (Å²) in [7, 11) is 1.89. The summed E-state index contributed by atoms with van der Waals surface area (Å²) in [6.07, 6.45) is 4.69. The molecule has 0 unspecified atom stereocenters.